The van der Waals surface area contributed by atoms with Crippen molar-refractivity contribution in [2.75, 3.05) is 0 Å². The van der Waals surface area contributed by atoms with Gasteiger partial charge in [-0.05, 0) is 48.9 Å². The molecule has 9 heteroatoms. The zero-order valence-electron chi connectivity index (χ0n) is 17.0. The van der Waals surface area contributed by atoms with Crippen molar-refractivity contribution in [2.24, 2.45) is 0 Å². The number of carbonyl (C=O) groups is 2. The standard InChI is InChI=1S/C23H20N2O7/c1-12(31-16-5-2-13-3-7-21(27)32-20(13)10-16)22(28)25-19(23(29)30)8-14-11-24-18-6-4-15(26)9-17(14)18/h2-7,9-12,19,24,26H,8H2,1H3,(H,25,28)(H,29,30)/t12-,19+/m0/s1. The van der Waals surface area contributed by atoms with Gasteiger partial charge in [0.1, 0.15) is 23.1 Å². The number of fused-ring (bicyclic) bond motifs is 2. The summed E-state index contributed by atoms with van der Waals surface area (Å²) in [6, 6.07) is 11.3. The van der Waals surface area contributed by atoms with E-state index in [0.29, 0.717) is 27.7 Å². The Morgan fingerprint density at radius 3 is 2.72 bits per heavy atom. The lowest BCUT2D eigenvalue weighted by Crippen LogP contribution is -2.47. The van der Waals surface area contributed by atoms with Gasteiger partial charge in [-0.3, -0.25) is 4.79 Å². The predicted octanol–water partition coefficient (Wildman–Crippen LogP) is 2.56. The van der Waals surface area contributed by atoms with E-state index in [2.05, 4.69) is 10.3 Å². The average molecular weight is 436 g/mol. The molecule has 2 heterocycles. The van der Waals surface area contributed by atoms with E-state index in [9.17, 15) is 24.6 Å². The second-order valence-electron chi connectivity index (χ2n) is 7.36. The van der Waals surface area contributed by atoms with Crippen LogP contribution < -0.4 is 15.7 Å². The number of nitrogens with one attached hydrogen (secondary N) is 2. The second kappa shape index (κ2) is 8.46. The lowest BCUT2D eigenvalue weighted by molar-refractivity contribution is -0.142. The molecule has 32 heavy (non-hydrogen) atoms. The number of carbonyl (C=O) groups excluding carboxylic acids is 1. The van der Waals surface area contributed by atoms with Gasteiger partial charge in [-0.1, -0.05) is 0 Å². The summed E-state index contributed by atoms with van der Waals surface area (Å²) in [5.74, 6) is -1.46. The Kier molecular flexibility index (Phi) is 5.55. The lowest BCUT2D eigenvalue weighted by Gasteiger charge is -2.19. The Morgan fingerprint density at radius 1 is 1.16 bits per heavy atom. The van der Waals surface area contributed by atoms with Crippen molar-refractivity contribution in [3.05, 3.63) is 70.7 Å². The van der Waals surface area contributed by atoms with Crippen LogP contribution >= 0.6 is 0 Å². The van der Waals surface area contributed by atoms with Crippen LogP contribution in [0.1, 0.15) is 12.5 Å². The summed E-state index contributed by atoms with van der Waals surface area (Å²) in [5, 5.41) is 23.2. The van der Waals surface area contributed by atoms with Gasteiger partial charge in [0.05, 0.1) is 0 Å². The van der Waals surface area contributed by atoms with E-state index in [-0.39, 0.29) is 12.2 Å². The van der Waals surface area contributed by atoms with Gasteiger partial charge in [0, 0.05) is 41.0 Å². The maximum absolute atomic E-state index is 12.6. The largest absolute Gasteiger partial charge is 0.508 e. The molecule has 2 aromatic carbocycles. The van der Waals surface area contributed by atoms with Gasteiger partial charge in [0.25, 0.3) is 5.91 Å². The highest BCUT2D eigenvalue weighted by Gasteiger charge is 2.25. The maximum atomic E-state index is 12.6. The summed E-state index contributed by atoms with van der Waals surface area (Å²) in [7, 11) is 0. The third kappa shape index (κ3) is 4.41. The summed E-state index contributed by atoms with van der Waals surface area (Å²) in [6.07, 6.45) is 0.657. The summed E-state index contributed by atoms with van der Waals surface area (Å²) in [5.41, 5.74) is 1.19. The molecule has 0 saturated carbocycles. The predicted molar refractivity (Wildman–Crippen MR) is 116 cm³/mol. The molecule has 9 nitrogen and oxygen atoms in total. The van der Waals surface area contributed by atoms with E-state index in [0.717, 1.165) is 5.52 Å². The van der Waals surface area contributed by atoms with Gasteiger partial charge < -0.3 is 29.7 Å². The zero-order chi connectivity index (χ0) is 22.8. The molecule has 0 aliphatic heterocycles. The van der Waals surface area contributed by atoms with Gasteiger partial charge in [0.2, 0.25) is 0 Å². The number of H-pyrrole nitrogens is 1. The maximum Gasteiger partial charge on any atom is 0.336 e. The number of aromatic amines is 1. The highest BCUT2D eigenvalue weighted by Crippen LogP contribution is 2.24. The van der Waals surface area contributed by atoms with Crippen molar-refractivity contribution in [2.45, 2.75) is 25.5 Å². The van der Waals surface area contributed by atoms with Gasteiger partial charge in [-0.2, -0.15) is 0 Å². The molecule has 4 N–H and O–H groups in total. The van der Waals surface area contributed by atoms with Gasteiger partial charge in [0.15, 0.2) is 6.10 Å². The monoisotopic (exact) mass is 436 g/mol. The number of phenols is 1. The van der Waals surface area contributed by atoms with Crippen LogP contribution in [0.4, 0.5) is 0 Å². The van der Waals surface area contributed by atoms with Crippen molar-refractivity contribution < 1.29 is 29.0 Å². The van der Waals surface area contributed by atoms with E-state index in [1.54, 1.807) is 30.5 Å². The first-order valence-electron chi connectivity index (χ1n) is 9.83. The van der Waals surface area contributed by atoms with Crippen LogP contribution in [-0.2, 0) is 16.0 Å². The molecule has 0 fully saturated rings. The molecule has 0 saturated heterocycles. The third-order valence-electron chi connectivity index (χ3n) is 5.07. The van der Waals surface area contributed by atoms with Crippen LogP contribution in [0.15, 0.2) is 63.9 Å². The molecule has 0 radical (unpaired) electrons. The minimum atomic E-state index is -1.20. The molecule has 4 rings (SSSR count). The highest BCUT2D eigenvalue weighted by molar-refractivity contribution is 5.88. The number of hydrogen-bond acceptors (Lipinski definition) is 6. The summed E-state index contributed by atoms with van der Waals surface area (Å²) in [6.45, 7) is 1.49. The first-order chi connectivity index (χ1) is 15.3. The van der Waals surface area contributed by atoms with Crippen LogP contribution in [-0.4, -0.2) is 39.2 Å². The molecule has 0 bridgehead atoms. The molecular formula is C23H20N2O7. The number of benzene rings is 2. The lowest BCUT2D eigenvalue weighted by atomic mass is 10.0. The fourth-order valence-electron chi connectivity index (χ4n) is 3.42. The van der Waals surface area contributed by atoms with Crippen molar-refractivity contribution in [1.29, 1.82) is 0 Å². The Morgan fingerprint density at radius 2 is 1.94 bits per heavy atom. The number of aliphatic carboxylic acids is 1. The molecule has 0 unspecified atom stereocenters. The smallest absolute Gasteiger partial charge is 0.336 e. The van der Waals surface area contributed by atoms with Crippen molar-refractivity contribution in [1.82, 2.24) is 10.3 Å². The number of aromatic nitrogens is 1. The number of phenolic OH excluding ortho intramolecular Hbond substituents is 1. The van der Waals surface area contributed by atoms with E-state index >= 15 is 0 Å². The molecule has 1 amide bonds. The highest BCUT2D eigenvalue weighted by atomic mass is 16.5. The Balaban J connectivity index is 1.47. The summed E-state index contributed by atoms with van der Waals surface area (Å²) >= 11 is 0. The van der Waals surface area contributed by atoms with E-state index in [4.69, 9.17) is 9.15 Å². The first-order valence-corrected chi connectivity index (χ1v) is 9.83. The van der Waals surface area contributed by atoms with E-state index in [1.807, 2.05) is 0 Å². The number of rotatable bonds is 7. The quantitative estimate of drug-likeness (QED) is 0.326. The Labute approximate surface area is 181 Å². The SMILES string of the molecule is C[C@H](Oc1ccc2ccc(=O)oc2c1)C(=O)N[C@H](Cc1c[nH]c2ccc(O)cc12)C(=O)O. The molecule has 4 aromatic rings. The number of carboxylic acid groups (broad SMARTS) is 1. The second-order valence-corrected chi connectivity index (χ2v) is 7.36. The number of amides is 1. The Hall–Kier alpha value is -4.27. The minimum absolute atomic E-state index is 0.0123. The fourth-order valence-corrected chi connectivity index (χ4v) is 3.42. The average Bonchev–Trinajstić information content (AvgIpc) is 3.14. The van der Waals surface area contributed by atoms with Gasteiger partial charge >= 0.3 is 11.6 Å². The fraction of sp³-hybridized carbons (Fsp3) is 0.174. The molecule has 0 aliphatic rings. The number of aromatic hydroxyl groups is 1. The topological polar surface area (TPSA) is 142 Å². The normalized spacial score (nSPS) is 13.0. The van der Waals surface area contributed by atoms with Crippen LogP contribution in [0.25, 0.3) is 21.9 Å². The zero-order valence-corrected chi connectivity index (χ0v) is 17.0. The third-order valence-corrected chi connectivity index (χ3v) is 5.07. The van der Waals surface area contributed by atoms with E-state index < -0.39 is 29.6 Å². The van der Waals surface area contributed by atoms with Crippen LogP contribution in [0.2, 0.25) is 0 Å². The Bertz CT molecular complexity index is 1370. The number of ether oxygens (including phenoxy) is 1. The van der Waals surface area contributed by atoms with Crippen molar-refractivity contribution in [3.8, 4) is 11.5 Å². The number of carboxylic acids is 1. The molecular weight excluding hydrogens is 416 g/mol. The minimum Gasteiger partial charge on any atom is -0.508 e. The van der Waals surface area contributed by atoms with Crippen LogP contribution in [0.5, 0.6) is 11.5 Å². The van der Waals surface area contributed by atoms with Crippen LogP contribution in [0.3, 0.4) is 0 Å². The molecule has 2 aromatic heterocycles. The van der Waals surface area contributed by atoms with Crippen LogP contribution in [0, 0.1) is 0 Å². The van der Waals surface area contributed by atoms with Crippen molar-refractivity contribution >= 4 is 33.7 Å². The van der Waals surface area contributed by atoms with Gasteiger partial charge in [-0.15, -0.1) is 0 Å². The molecule has 0 spiro atoms. The molecule has 2 atom stereocenters. The number of hydrogen-bond donors (Lipinski definition) is 4. The molecule has 164 valence electrons. The molecule has 0 aliphatic carbocycles. The first kappa shape index (κ1) is 21.0. The van der Waals surface area contributed by atoms with Gasteiger partial charge in [-0.25, -0.2) is 9.59 Å². The summed E-state index contributed by atoms with van der Waals surface area (Å²) < 4.78 is 10.7. The van der Waals surface area contributed by atoms with Crippen molar-refractivity contribution in [3.63, 3.8) is 0 Å². The summed E-state index contributed by atoms with van der Waals surface area (Å²) in [4.78, 5) is 38.8. The van der Waals surface area contributed by atoms with E-state index in [1.165, 1.54) is 31.2 Å².